The highest BCUT2D eigenvalue weighted by Gasteiger charge is 2.40. The lowest BCUT2D eigenvalue weighted by molar-refractivity contribution is -0.187. The molecule has 2 aliphatic rings. The molecule has 37 heavy (non-hydrogen) atoms. The molecule has 6 nitrogen and oxygen atoms in total. The second kappa shape index (κ2) is 13.4. The van der Waals surface area contributed by atoms with E-state index in [-0.39, 0.29) is 50.4 Å². The molecule has 10 heteroatoms. The first-order valence-electron chi connectivity index (χ1n) is 12.6. The van der Waals surface area contributed by atoms with Crippen molar-refractivity contribution in [2.75, 3.05) is 33.2 Å². The molecule has 0 amide bonds. The summed E-state index contributed by atoms with van der Waals surface area (Å²) in [7, 11) is 0. The minimum absolute atomic E-state index is 0.0411. The molecule has 2 heterocycles. The van der Waals surface area contributed by atoms with Gasteiger partial charge in [0.25, 0.3) is 0 Å². The number of rotatable bonds is 11. The number of halogens is 3. The van der Waals surface area contributed by atoms with Gasteiger partial charge in [-0.1, -0.05) is 23.2 Å². The second-order valence-electron chi connectivity index (χ2n) is 10.2. The number of alkyl halides is 1. The Morgan fingerprint density at radius 2 is 1.81 bits per heavy atom. The topological polar surface area (TPSA) is 85.2 Å². The highest BCUT2D eigenvalue weighted by atomic mass is 35.5. The van der Waals surface area contributed by atoms with Gasteiger partial charge < -0.3 is 24.4 Å². The standard InChI is InChI=1S/C27H33Cl3O6S/c28-18-8-17(9-19(29)10-18)4-6-22-21(23(30)11-24(22)32)3-1-2-20-5-7-25(37-20)26(33)36-15-27(12-31)13-34-16-35-14-27/h5,7-10,21-24,31-32H,1-4,6,11-16H2/t21-,22-,23-,24-/m1/s1. The Labute approximate surface area is 236 Å². The van der Waals surface area contributed by atoms with Crippen LogP contribution in [0.4, 0.5) is 0 Å². The summed E-state index contributed by atoms with van der Waals surface area (Å²) in [4.78, 5) is 14.2. The van der Waals surface area contributed by atoms with E-state index < -0.39 is 17.5 Å². The lowest BCUT2D eigenvalue weighted by Crippen LogP contribution is -2.44. The zero-order chi connectivity index (χ0) is 26.4. The Bertz CT molecular complexity index is 1020. The maximum atomic E-state index is 12.6. The number of esters is 1. The van der Waals surface area contributed by atoms with E-state index in [1.54, 1.807) is 12.1 Å². The van der Waals surface area contributed by atoms with Crippen LogP contribution in [0.1, 0.15) is 45.8 Å². The smallest absolute Gasteiger partial charge is 0.348 e. The van der Waals surface area contributed by atoms with Crippen LogP contribution in [0.25, 0.3) is 0 Å². The van der Waals surface area contributed by atoms with Crippen molar-refractivity contribution in [3.8, 4) is 0 Å². The van der Waals surface area contributed by atoms with Gasteiger partial charge in [-0.3, -0.25) is 0 Å². The van der Waals surface area contributed by atoms with Crippen LogP contribution < -0.4 is 0 Å². The molecular weight excluding hydrogens is 559 g/mol. The predicted molar refractivity (Wildman–Crippen MR) is 146 cm³/mol. The first-order chi connectivity index (χ1) is 17.8. The van der Waals surface area contributed by atoms with Crippen LogP contribution in [0.2, 0.25) is 10.0 Å². The van der Waals surface area contributed by atoms with Crippen LogP contribution in [0.15, 0.2) is 30.3 Å². The van der Waals surface area contributed by atoms with Crippen molar-refractivity contribution in [1.29, 1.82) is 0 Å². The molecule has 1 aliphatic carbocycles. The fraction of sp³-hybridized carbons (Fsp3) is 0.593. The van der Waals surface area contributed by atoms with Crippen LogP contribution in [0.5, 0.6) is 0 Å². The van der Waals surface area contributed by atoms with E-state index in [0.717, 1.165) is 42.5 Å². The van der Waals surface area contributed by atoms with Crippen molar-refractivity contribution >= 4 is 52.1 Å². The van der Waals surface area contributed by atoms with Gasteiger partial charge in [0, 0.05) is 20.3 Å². The zero-order valence-electron chi connectivity index (χ0n) is 20.5. The number of carbonyl (C=O) groups excluding carboxylic acids is 1. The molecule has 0 radical (unpaired) electrons. The first kappa shape index (κ1) is 29.1. The van der Waals surface area contributed by atoms with E-state index in [1.807, 2.05) is 18.2 Å². The van der Waals surface area contributed by atoms with Crippen LogP contribution in [0.3, 0.4) is 0 Å². The third-order valence-electron chi connectivity index (χ3n) is 7.32. The number of thiophene rings is 1. The molecule has 0 unspecified atom stereocenters. The van der Waals surface area contributed by atoms with Crippen molar-refractivity contribution in [2.24, 2.45) is 17.3 Å². The number of aryl methyl sites for hydroxylation is 2. The summed E-state index contributed by atoms with van der Waals surface area (Å²) in [6, 6.07) is 9.29. The highest BCUT2D eigenvalue weighted by molar-refractivity contribution is 7.13. The van der Waals surface area contributed by atoms with Gasteiger partial charge in [0.05, 0.1) is 31.3 Å². The molecule has 1 aromatic heterocycles. The van der Waals surface area contributed by atoms with E-state index in [2.05, 4.69) is 0 Å². The summed E-state index contributed by atoms with van der Waals surface area (Å²) in [5, 5.41) is 21.5. The first-order valence-corrected chi connectivity index (χ1v) is 14.6. The van der Waals surface area contributed by atoms with Gasteiger partial charge in [-0.15, -0.1) is 22.9 Å². The summed E-state index contributed by atoms with van der Waals surface area (Å²) in [5.41, 5.74) is 0.348. The Kier molecular flexibility index (Phi) is 10.6. The summed E-state index contributed by atoms with van der Waals surface area (Å²) in [6.45, 7) is 0.627. The lowest BCUT2D eigenvalue weighted by Gasteiger charge is -2.34. The molecule has 4 rings (SSSR count). The number of carbonyl (C=O) groups is 1. The largest absolute Gasteiger partial charge is 0.461 e. The number of ether oxygens (including phenoxy) is 3. The van der Waals surface area contributed by atoms with Crippen LogP contribution in [-0.4, -0.2) is 60.9 Å². The molecule has 1 saturated heterocycles. The van der Waals surface area contributed by atoms with E-state index in [4.69, 9.17) is 49.0 Å². The molecule has 2 fully saturated rings. The van der Waals surface area contributed by atoms with Gasteiger partial charge in [-0.2, -0.15) is 0 Å². The van der Waals surface area contributed by atoms with Gasteiger partial charge in [-0.05, 0) is 86.3 Å². The fourth-order valence-corrected chi connectivity index (χ4v) is 7.29. The molecular formula is C27H33Cl3O6S. The summed E-state index contributed by atoms with van der Waals surface area (Å²) in [5.74, 6) is -0.0541. The molecule has 2 aromatic rings. The summed E-state index contributed by atoms with van der Waals surface area (Å²) in [6.07, 6.45) is 4.45. The van der Waals surface area contributed by atoms with Crippen molar-refractivity contribution in [1.82, 2.24) is 0 Å². The molecule has 2 N–H and O–H groups in total. The SMILES string of the molecule is O=C(OCC1(CO)COCOC1)c1ccc(CCC[C@@H]2[C@@H](CCc3cc(Cl)cc(Cl)c3)[C@H](O)C[C@H]2Cl)s1. The van der Waals surface area contributed by atoms with Gasteiger partial charge in [0.1, 0.15) is 18.3 Å². The third-order valence-corrected chi connectivity index (χ3v) is 9.38. The monoisotopic (exact) mass is 590 g/mol. The number of aliphatic hydroxyl groups excluding tert-OH is 2. The molecule has 1 saturated carbocycles. The van der Waals surface area contributed by atoms with Crippen molar-refractivity contribution < 1.29 is 29.2 Å². The Morgan fingerprint density at radius 3 is 2.51 bits per heavy atom. The van der Waals surface area contributed by atoms with Crippen molar-refractivity contribution in [3.05, 3.63) is 55.7 Å². The predicted octanol–water partition coefficient (Wildman–Crippen LogP) is 5.75. The number of benzene rings is 1. The molecule has 204 valence electrons. The van der Waals surface area contributed by atoms with Gasteiger partial charge in [0.15, 0.2) is 0 Å². The normalized spacial score (nSPS) is 25.3. The average molecular weight is 592 g/mol. The lowest BCUT2D eigenvalue weighted by atomic mass is 9.85. The van der Waals surface area contributed by atoms with Gasteiger partial charge >= 0.3 is 5.97 Å². The quantitative estimate of drug-likeness (QED) is 0.256. The zero-order valence-corrected chi connectivity index (χ0v) is 23.6. The minimum atomic E-state index is -0.715. The maximum absolute atomic E-state index is 12.6. The van der Waals surface area contributed by atoms with Crippen molar-refractivity contribution in [2.45, 2.75) is 50.0 Å². The molecule has 0 spiro atoms. The van der Waals surface area contributed by atoms with Crippen LogP contribution in [-0.2, 0) is 27.1 Å². The number of hydrogen-bond acceptors (Lipinski definition) is 7. The number of hydrogen-bond donors (Lipinski definition) is 2. The molecule has 4 atom stereocenters. The number of aliphatic hydroxyl groups is 2. The van der Waals surface area contributed by atoms with E-state index in [0.29, 0.717) is 21.3 Å². The van der Waals surface area contributed by atoms with Crippen molar-refractivity contribution in [3.63, 3.8) is 0 Å². The summed E-state index contributed by atoms with van der Waals surface area (Å²) < 4.78 is 16.0. The van der Waals surface area contributed by atoms with Gasteiger partial charge in [0.2, 0.25) is 0 Å². The average Bonchev–Trinajstić information content (AvgIpc) is 3.45. The Balaban J connectivity index is 1.25. The van der Waals surface area contributed by atoms with Crippen LogP contribution >= 0.6 is 46.1 Å². The highest BCUT2D eigenvalue weighted by Crippen LogP contribution is 2.42. The van der Waals surface area contributed by atoms with E-state index in [1.165, 1.54) is 11.3 Å². The molecule has 0 bridgehead atoms. The Morgan fingerprint density at radius 1 is 1.08 bits per heavy atom. The minimum Gasteiger partial charge on any atom is -0.461 e. The van der Waals surface area contributed by atoms with Gasteiger partial charge in [-0.25, -0.2) is 4.79 Å². The maximum Gasteiger partial charge on any atom is 0.348 e. The second-order valence-corrected chi connectivity index (χ2v) is 12.8. The third kappa shape index (κ3) is 7.83. The molecule has 1 aliphatic heterocycles. The summed E-state index contributed by atoms with van der Waals surface area (Å²) >= 11 is 20.3. The van der Waals surface area contributed by atoms with E-state index >= 15 is 0 Å². The Hall–Kier alpha value is -0.900. The van der Waals surface area contributed by atoms with E-state index in [9.17, 15) is 15.0 Å². The van der Waals surface area contributed by atoms with Crippen LogP contribution in [0, 0.1) is 17.3 Å². The fourth-order valence-electron chi connectivity index (χ4n) is 5.28. The molecule has 1 aromatic carbocycles.